The molecule has 2 rings (SSSR count). The van der Waals surface area contributed by atoms with Crippen molar-refractivity contribution in [3.8, 4) is 0 Å². The van der Waals surface area contributed by atoms with Gasteiger partial charge in [-0.3, -0.25) is 0 Å². The highest BCUT2D eigenvalue weighted by atomic mass is 32.1. The van der Waals surface area contributed by atoms with Gasteiger partial charge >= 0.3 is 0 Å². The number of nitrogens with one attached hydrogen (secondary N) is 1. The van der Waals surface area contributed by atoms with Gasteiger partial charge in [0.1, 0.15) is 0 Å². The van der Waals surface area contributed by atoms with Gasteiger partial charge in [-0.15, -0.1) is 12.6 Å². The minimum Gasteiger partial charge on any atom is -0.316 e. The summed E-state index contributed by atoms with van der Waals surface area (Å²) in [5.41, 5.74) is 1.42. The van der Waals surface area contributed by atoms with Crippen LogP contribution in [0.2, 0.25) is 0 Å². The largest absolute Gasteiger partial charge is 0.316 e. The molecule has 1 atom stereocenters. The van der Waals surface area contributed by atoms with Crippen molar-refractivity contribution in [3.63, 3.8) is 0 Å². The number of benzene rings is 1. The van der Waals surface area contributed by atoms with Crippen molar-refractivity contribution in [2.24, 2.45) is 0 Å². The first kappa shape index (κ1) is 8.14. The van der Waals surface area contributed by atoms with E-state index in [0.717, 1.165) is 18.0 Å². The van der Waals surface area contributed by atoms with Gasteiger partial charge in [-0.05, 0) is 36.6 Å². The van der Waals surface area contributed by atoms with E-state index in [1.165, 1.54) is 12.0 Å². The SMILES string of the molecule is Sc1cccc(C2CCNC2)c1. The van der Waals surface area contributed by atoms with Crippen molar-refractivity contribution in [1.82, 2.24) is 5.32 Å². The Morgan fingerprint density at radius 3 is 3.00 bits per heavy atom. The zero-order valence-corrected chi connectivity index (χ0v) is 7.85. The molecule has 12 heavy (non-hydrogen) atoms. The summed E-state index contributed by atoms with van der Waals surface area (Å²) in [4.78, 5) is 1.07. The van der Waals surface area contributed by atoms with Crippen molar-refractivity contribution < 1.29 is 0 Å². The first-order valence-corrected chi connectivity index (χ1v) is 4.80. The van der Waals surface area contributed by atoms with Crippen molar-refractivity contribution in [3.05, 3.63) is 29.8 Å². The lowest BCUT2D eigenvalue weighted by Crippen LogP contribution is -2.07. The Morgan fingerprint density at radius 1 is 1.42 bits per heavy atom. The summed E-state index contributed by atoms with van der Waals surface area (Å²) >= 11 is 4.33. The van der Waals surface area contributed by atoms with Gasteiger partial charge < -0.3 is 5.32 Å². The van der Waals surface area contributed by atoms with Crippen LogP contribution in [0.1, 0.15) is 17.9 Å². The Hall–Kier alpha value is -0.470. The smallest absolute Gasteiger partial charge is 0.00428 e. The van der Waals surface area contributed by atoms with Crippen molar-refractivity contribution in [2.45, 2.75) is 17.2 Å². The molecule has 0 amide bonds. The van der Waals surface area contributed by atoms with Crippen LogP contribution in [-0.4, -0.2) is 13.1 Å². The Morgan fingerprint density at radius 2 is 2.33 bits per heavy atom. The number of rotatable bonds is 1. The van der Waals surface area contributed by atoms with Crippen LogP contribution < -0.4 is 5.32 Å². The number of thiol groups is 1. The first-order chi connectivity index (χ1) is 5.86. The fraction of sp³-hybridized carbons (Fsp3) is 0.400. The molecule has 1 saturated heterocycles. The molecule has 1 heterocycles. The lowest BCUT2D eigenvalue weighted by Gasteiger charge is -2.08. The van der Waals surface area contributed by atoms with E-state index in [0.29, 0.717) is 5.92 Å². The van der Waals surface area contributed by atoms with Crippen LogP contribution in [0.4, 0.5) is 0 Å². The molecule has 1 unspecified atom stereocenters. The van der Waals surface area contributed by atoms with Gasteiger partial charge in [0.15, 0.2) is 0 Å². The monoisotopic (exact) mass is 179 g/mol. The molecule has 64 valence electrons. The van der Waals surface area contributed by atoms with Crippen LogP contribution in [0.15, 0.2) is 29.2 Å². The second kappa shape index (κ2) is 3.50. The molecular weight excluding hydrogens is 166 g/mol. The summed E-state index contributed by atoms with van der Waals surface area (Å²) in [6, 6.07) is 8.46. The van der Waals surface area contributed by atoms with E-state index in [1.807, 2.05) is 6.07 Å². The number of hydrogen-bond donors (Lipinski definition) is 2. The molecule has 0 bridgehead atoms. The highest BCUT2D eigenvalue weighted by Gasteiger charge is 2.15. The second-order valence-corrected chi connectivity index (χ2v) is 3.80. The standard InChI is InChI=1S/C10H13NS/c12-10-3-1-2-8(6-10)9-4-5-11-7-9/h1-3,6,9,11-12H,4-5,7H2. The minimum atomic E-state index is 0.706. The molecule has 0 saturated carbocycles. The summed E-state index contributed by atoms with van der Waals surface area (Å²) in [6.45, 7) is 2.28. The lowest BCUT2D eigenvalue weighted by molar-refractivity contribution is 0.761. The molecule has 1 aromatic carbocycles. The van der Waals surface area contributed by atoms with E-state index in [9.17, 15) is 0 Å². The van der Waals surface area contributed by atoms with E-state index in [4.69, 9.17) is 0 Å². The highest BCUT2D eigenvalue weighted by molar-refractivity contribution is 7.80. The Bertz CT molecular complexity index is 266. The normalized spacial score (nSPS) is 22.9. The molecule has 0 aliphatic carbocycles. The maximum Gasteiger partial charge on any atom is 0.00428 e. The van der Waals surface area contributed by atoms with Crippen LogP contribution >= 0.6 is 12.6 Å². The lowest BCUT2D eigenvalue weighted by atomic mass is 9.99. The molecule has 1 nitrogen and oxygen atoms in total. The fourth-order valence-corrected chi connectivity index (χ4v) is 1.95. The van der Waals surface area contributed by atoms with Gasteiger partial charge in [0.2, 0.25) is 0 Å². The van der Waals surface area contributed by atoms with Gasteiger partial charge in [0.05, 0.1) is 0 Å². The third-order valence-corrected chi connectivity index (χ3v) is 2.68. The second-order valence-electron chi connectivity index (χ2n) is 3.28. The predicted molar refractivity (Wildman–Crippen MR) is 53.9 cm³/mol. The van der Waals surface area contributed by atoms with Crippen LogP contribution in [0.3, 0.4) is 0 Å². The summed E-state index contributed by atoms with van der Waals surface area (Å²) in [5.74, 6) is 0.706. The molecule has 1 aliphatic heterocycles. The molecule has 1 aromatic rings. The molecule has 1 fully saturated rings. The van der Waals surface area contributed by atoms with Gasteiger partial charge in [0.25, 0.3) is 0 Å². The van der Waals surface area contributed by atoms with Gasteiger partial charge in [-0.25, -0.2) is 0 Å². The van der Waals surface area contributed by atoms with E-state index in [2.05, 4.69) is 36.1 Å². The maximum atomic E-state index is 4.33. The Balaban J connectivity index is 2.21. The predicted octanol–water partition coefficient (Wildman–Crippen LogP) is 2.05. The van der Waals surface area contributed by atoms with Crippen LogP contribution in [-0.2, 0) is 0 Å². The van der Waals surface area contributed by atoms with Crippen LogP contribution in [0, 0.1) is 0 Å². The summed E-state index contributed by atoms with van der Waals surface area (Å²) in [7, 11) is 0. The van der Waals surface area contributed by atoms with Gasteiger partial charge in [0, 0.05) is 11.4 Å². The van der Waals surface area contributed by atoms with Gasteiger partial charge in [-0.2, -0.15) is 0 Å². The first-order valence-electron chi connectivity index (χ1n) is 4.36. The maximum absolute atomic E-state index is 4.33. The molecule has 1 N–H and O–H groups in total. The van der Waals surface area contributed by atoms with Crippen LogP contribution in [0.5, 0.6) is 0 Å². The quantitative estimate of drug-likeness (QED) is 0.629. The molecule has 1 aliphatic rings. The summed E-state index contributed by atoms with van der Waals surface area (Å²) < 4.78 is 0. The van der Waals surface area contributed by atoms with Crippen molar-refractivity contribution >= 4 is 12.6 Å². The molecule has 0 spiro atoms. The number of hydrogen-bond acceptors (Lipinski definition) is 2. The van der Waals surface area contributed by atoms with Crippen molar-refractivity contribution in [2.75, 3.05) is 13.1 Å². The average Bonchev–Trinajstić information content (AvgIpc) is 2.56. The van der Waals surface area contributed by atoms with E-state index in [1.54, 1.807) is 0 Å². The topological polar surface area (TPSA) is 12.0 Å². The van der Waals surface area contributed by atoms with Crippen molar-refractivity contribution in [1.29, 1.82) is 0 Å². The third-order valence-electron chi connectivity index (χ3n) is 2.40. The van der Waals surface area contributed by atoms with Crippen LogP contribution in [0.25, 0.3) is 0 Å². The van der Waals surface area contributed by atoms with E-state index < -0.39 is 0 Å². The average molecular weight is 179 g/mol. The zero-order valence-electron chi connectivity index (χ0n) is 6.96. The Labute approximate surface area is 78.6 Å². The zero-order chi connectivity index (χ0) is 8.39. The molecule has 0 radical (unpaired) electrons. The van der Waals surface area contributed by atoms with E-state index in [-0.39, 0.29) is 0 Å². The molecule has 0 aromatic heterocycles. The minimum absolute atomic E-state index is 0.706. The third kappa shape index (κ3) is 1.65. The van der Waals surface area contributed by atoms with Gasteiger partial charge in [-0.1, -0.05) is 12.1 Å². The highest BCUT2D eigenvalue weighted by Crippen LogP contribution is 2.23. The molecular formula is C10H13NS. The summed E-state index contributed by atoms with van der Waals surface area (Å²) in [5, 5.41) is 3.37. The summed E-state index contributed by atoms with van der Waals surface area (Å²) in [6.07, 6.45) is 1.26. The van der Waals surface area contributed by atoms with E-state index >= 15 is 0 Å². The Kier molecular flexibility index (Phi) is 2.38. The fourth-order valence-electron chi connectivity index (χ4n) is 1.72. The molecule has 2 heteroatoms.